The predicted octanol–water partition coefficient (Wildman–Crippen LogP) is 7.03. The topological polar surface area (TPSA) is 40.5 Å². The molecule has 3 aromatic carbocycles. The van der Waals surface area contributed by atoms with Crippen LogP contribution in [-0.4, -0.2) is 18.8 Å². The Hall–Kier alpha value is -2.13. The average Bonchev–Trinajstić information content (AvgIpc) is 3.00. The maximum Gasteiger partial charge on any atom is 0.257 e. The highest BCUT2D eigenvalue weighted by molar-refractivity contribution is 8.08. The van der Waals surface area contributed by atoms with E-state index in [1.807, 2.05) is 36.4 Å². The number of aromatic nitrogens is 1. The second-order valence-electron chi connectivity index (χ2n) is 6.90. The molecule has 0 saturated heterocycles. The lowest BCUT2D eigenvalue weighted by atomic mass is 10.1. The molecule has 7 heteroatoms. The van der Waals surface area contributed by atoms with Crippen molar-refractivity contribution < 1.29 is 14.0 Å². The summed E-state index contributed by atoms with van der Waals surface area (Å²) >= 11 is 11.4. The number of benzene rings is 3. The van der Waals surface area contributed by atoms with E-state index in [9.17, 15) is 4.57 Å². The standard InChI is InChI=1S/C22H20Cl2NO3P/c1-27-17-7-9-21-19(11-17)20-12-18(28-2)8-10-22(20)25(21)13-15-3-5-16(6-4-15)14-29(23,24)26/h3-12H,13-14H2,1-2H3. The lowest BCUT2D eigenvalue weighted by Gasteiger charge is -2.10. The minimum absolute atomic E-state index is 0.172. The van der Waals surface area contributed by atoms with Gasteiger partial charge in [0.2, 0.25) is 0 Å². The van der Waals surface area contributed by atoms with Crippen LogP contribution in [0.2, 0.25) is 0 Å². The summed E-state index contributed by atoms with van der Waals surface area (Å²) in [4.78, 5) is 0. The number of hydrogen-bond acceptors (Lipinski definition) is 3. The first-order valence-corrected chi connectivity index (χ1v) is 12.8. The maximum absolute atomic E-state index is 11.6. The van der Waals surface area contributed by atoms with E-state index in [4.69, 9.17) is 32.0 Å². The Kier molecular flexibility index (Phi) is 5.52. The smallest absolute Gasteiger partial charge is 0.257 e. The van der Waals surface area contributed by atoms with Gasteiger partial charge in [-0.3, -0.25) is 4.57 Å². The number of halogens is 2. The van der Waals surface area contributed by atoms with Crippen LogP contribution in [0.5, 0.6) is 11.5 Å². The fraction of sp³-hybridized carbons (Fsp3) is 0.182. The van der Waals surface area contributed by atoms with Gasteiger partial charge in [0.05, 0.1) is 20.4 Å². The first kappa shape index (κ1) is 20.2. The van der Waals surface area contributed by atoms with Crippen molar-refractivity contribution in [1.82, 2.24) is 4.57 Å². The molecule has 29 heavy (non-hydrogen) atoms. The molecule has 0 unspecified atom stereocenters. The highest BCUT2D eigenvalue weighted by Gasteiger charge is 2.15. The van der Waals surface area contributed by atoms with E-state index in [0.717, 1.165) is 44.4 Å². The van der Waals surface area contributed by atoms with Gasteiger partial charge >= 0.3 is 0 Å². The Morgan fingerprint density at radius 2 is 1.28 bits per heavy atom. The van der Waals surface area contributed by atoms with Crippen LogP contribution >= 0.6 is 28.3 Å². The molecule has 0 aliphatic carbocycles. The molecule has 0 spiro atoms. The molecule has 150 valence electrons. The van der Waals surface area contributed by atoms with Crippen molar-refractivity contribution in [1.29, 1.82) is 0 Å². The summed E-state index contributed by atoms with van der Waals surface area (Å²) in [5.74, 6) is -1.49. The molecule has 0 atom stereocenters. The third kappa shape index (κ3) is 4.25. The average molecular weight is 448 g/mol. The predicted molar refractivity (Wildman–Crippen MR) is 121 cm³/mol. The van der Waals surface area contributed by atoms with Gasteiger partial charge in [0.15, 0.2) is 0 Å². The number of nitrogens with zero attached hydrogens (tertiary/aromatic N) is 1. The van der Waals surface area contributed by atoms with Crippen LogP contribution in [0.4, 0.5) is 0 Å². The van der Waals surface area contributed by atoms with Crippen molar-refractivity contribution in [2.75, 3.05) is 14.2 Å². The lowest BCUT2D eigenvalue weighted by Crippen LogP contribution is -1.99. The molecule has 0 N–H and O–H groups in total. The highest BCUT2D eigenvalue weighted by atomic mass is 35.9. The first-order valence-electron chi connectivity index (χ1n) is 9.08. The van der Waals surface area contributed by atoms with E-state index >= 15 is 0 Å². The summed E-state index contributed by atoms with van der Waals surface area (Å²) in [5, 5.41) is 2.22. The summed E-state index contributed by atoms with van der Waals surface area (Å²) in [6.07, 6.45) is 0.172. The van der Waals surface area contributed by atoms with Gasteiger partial charge in [0.25, 0.3) is 5.85 Å². The van der Waals surface area contributed by atoms with Crippen LogP contribution < -0.4 is 9.47 Å². The zero-order valence-corrected chi connectivity index (χ0v) is 18.5. The van der Waals surface area contributed by atoms with E-state index in [0.29, 0.717) is 6.54 Å². The van der Waals surface area contributed by atoms with Crippen molar-refractivity contribution in [2.24, 2.45) is 0 Å². The van der Waals surface area contributed by atoms with Crippen molar-refractivity contribution in [2.45, 2.75) is 12.7 Å². The Bertz CT molecular complexity index is 1170. The van der Waals surface area contributed by atoms with Gasteiger partial charge in [0, 0.05) is 28.4 Å². The number of ether oxygens (including phenoxy) is 2. The number of methoxy groups -OCH3 is 2. The summed E-state index contributed by atoms with van der Waals surface area (Å²) in [5.41, 5.74) is 4.21. The van der Waals surface area contributed by atoms with E-state index in [-0.39, 0.29) is 6.16 Å². The SMILES string of the molecule is COc1ccc2c(c1)c1cc(OC)ccc1n2Cc1ccc(CP(=O)(Cl)Cl)cc1. The van der Waals surface area contributed by atoms with Crippen LogP contribution in [0, 0.1) is 0 Å². The van der Waals surface area contributed by atoms with E-state index < -0.39 is 5.85 Å². The van der Waals surface area contributed by atoms with Crippen molar-refractivity contribution in [3.63, 3.8) is 0 Å². The van der Waals surface area contributed by atoms with Crippen molar-refractivity contribution >= 4 is 50.1 Å². The van der Waals surface area contributed by atoms with Crippen molar-refractivity contribution in [3.05, 3.63) is 71.8 Å². The molecule has 0 radical (unpaired) electrons. The summed E-state index contributed by atoms with van der Waals surface area (Å²) in [7, 11) is 3.34. The van der Waals surface area contributed by atoms with Gasteiger partial charge in [-0.15, -0.1) is 0 Å². The molecule has 1 aromatic heterocycles. The summed E-state index contributed by atoms with van der Waals surface area (Å²) in [6.45, 7) is 0.693. The molecule has 1 heterocycles. The molecular weight excluding hydrogens is 428 g/mol. The Morgan fingerprint density at radius 1 is 0.793 bits per heavy atom. The third-order valence-corrected chi connectivity index (χ3v) is 6.46. The van der Waals surface area contributed by atoms with Crippen LogP contribution in [0.3, 0.4) is 0 Å². The molecule has 0 aliphatic rings. The van der Waals surface area contributed by atoms with Gasteiger partial charge in [-0.25, -0.2) is 0 Å². The third-order valence-electron chi connectivity index (χ3n) is 5.01. The number of hydrogen-bond donors (Lipinski definition) is 0. The highest BCUT2D eigenvalue weighted by Crippen LogP contribution is 2.59. The largest absolute Gasteiger partial charge is 0.497 e. The normalized spacial score (nSPS) is 11.9. The van der Waals surface area contributed by atoms with Crippen LogP contribution in [0.15, 0.2) is 60.7 Å². The van der Waals surface area contributed by atoms with Crippen LogP contribution in [-0.2, 0) is 17.3 Å². The van der Waals surface area contributed by atoms with Gasteiger partial charge in [-0.1, -0.05) is 24.3 Å². The van der Waals surface area contributed by atoms with Gasteiger partial charge < -0.3 is 14.0 Å². The minimum atomic E-state index is -3.12. The van der Waals surface area contributed by atoms with Crippen LogP contribution in [0.1, 0.15) is 11.1 Å². The molecular formula is C22H20Cl2NO3P. The molecule has 0 aliphatic heterocycles. The van der Waals surface area contributed by atoms with Crippen molar-refractivity contribution in [3.8, 4) is 11.5 Å². The Morgan fingerprint density at radius 3 is 1.72 bits per heavy atom. The monoisotopic (exact) mass is 447 g/mol. The molecule has 0 amide bonds. The molecule has 4 aromatic rings. The molecule has 4 rings (SSSR count). The first-order chi connectivity index (χ1) is 13.9. The van der Waals surface area contributed by atoms with E-state index in [2.05, 4.69) is 28.8 Å². The zero-order chi connectivity index (χ0) is 20.6. The second-order valence-corrected chi connectivity index (χ2v) is 12.1. The number of fused-ring (bicyclic) bond motifs is 3. The quantitative estimate of drug-likeness (QED) is 0.298. The zero-order valence-electron chi connectivity index (χ0n) is 16.1. The molecule has 4 nitrogen and oxygen atoms in total. The van der Waals surface area contributed by atoms with Crippen LogP contribution in [0.25, 0.3) is 21.8 Å². The Labute approximate surface area is 178 Å². The fourth-order valence-corrected chi connectivity index (χ4v) is 5.10. The van der Waals surface area contributed by atoms with E-state index in [1.54, 1.807) is 14.2 Å². The Balaban J connectivity index is 1.79. The minimum Gasteiger partial charge on any atom is -0.497 e. The molecule has 0 fully saturated rings. The summed E-state index contributed by atoms with van der Waals surface area (Å²) in [6, 6.07) is 20.1. The second kappa shape index (κ2) is 7.95. The maximum atomic E-state index is 11.6. The number of rotatable bonds is 6. The van der Waals surface area contributed by atoms with Gasteiger partial charge in [0.1, 0.15) is 11.5 Å². The fourth-order valence-electron chi connectivity index (χ4n) is 3.63. The summed E-state index contributed by atoms with van der Waals surface area (Å²) < 4.78 is 24.7. The lowest BCUT2D eigenvalue weighted by molar-refractivity contribution is 0.415. The molecule has 0 saturated carbocycles. The van der Waals surface area contributed by atoms with Gasteiger partial charge in [-0.2, -0.15) is 0 Å². The molecule has 0 bridgehead atoms. The van der Waals surface area contributed by atoms with Gasteiger partial charge in [-0.05, 0) is 70.0 Å². The van der Waals surface area contributed by atoms with E-state index in [1.165, 1.54) is 0 Å².